The predicted molar refractivity (Wildman–Crippen MR) is 118 cm³/mol. The number of carboxylic acid groups (broad SMARTS) is 1. The number of nitrogens with one attached hydrogen (secondary N) is 1. The number of amides is 1. The number of anilines is 1. The fourth-order valence-electron chi connectivity index (χ4n) is 3.00. The van der Waals surface area contributed by atoms with E-state index in [0.717, 1.165) is 11.1 Å². The summed E-state index contributed by atoms with van der Waals surface area (Å²) in [6, 6.07) is 27.3. The van der Waals surface area contributed by atoms with Crippen LogP contribution in [0.1, 0.15) is 21.5 Å². The normalized spacial score (nSPS) is 10.7. The van der Waals surface area contributed by atoms with Gasteiger partial charge >= 0.3 is 5.97 Å². The predicted octanol–water partition coefficient (Wildman–Crippen LogP) is 4.43. The molecule has 0 bridgehead atoms. The van der Waals surface area contributed by atoms with E-state index in [2.05, 4.69) is 5.32 Å². The van der Waals surface area contributed by atoms with Crippen LogP contribution in [0.4, 0.5) is 5.69 Å². The highest BCUT2D eigenvalue weighted by molar-refractivity contribution is 6.06. The minimum absolute atomic E-state index is 0.0471. The van der Waals surface area contributed by atoms with Gasteiger partial charge < -0.3 is 15.3 Å². The largest absolute Gasteiger partial charge is 0.478 e. The second-order valence-electron chi connectivity index (χ2n) is 6.87. The van der Waals surface area contributed by atoms with E-state index in [-0.39, 0.29) is 11.1 Å². The Morgan fingerprint density at radius 1 is 0.871 bits per heavy atom. The molecule has 0 aliphatic carbocycles. The SMILES string of the molecule is N#C/C(=C/N(Cc1ccccc1)Cc1ccccc1)C(=O)Nc1ccc(C(=O)O)cc1. The number of nitrogens with zero attached hydrogens (tertiary/aromatic N) is 2. The third-order valence-electron chi connectivity index (χ3n) is 4.52. The molecule has 1 amide bonds. The summed E-state index contributed by atoms with van der Waals surface area (Å²) in [6.07, 6.45) is 1.56. The Bertz CT molecular complexity index is 1060. The number of carbonyl (C=O) groups is 2. The molecule has 3 aromatic carbocycles. The Hall–Kier alpha value is -4.37. The molecule has 2 N–H and O–H groups in total. The highest BCUT2D eigenvalue weighted by Crippen LogP contribution is 2.14. The minimum Gasteiger partial charge on any atom is -0.478 e. The molecule has 0 heterocycles. The first-order valence-corrected chi connectivity index (χ1v) is 9.63. The average Bonchev–Trinajstić information content (AvgIpc) is 2.79. The maximum Gasteiger partial charge on any atom is 0.335 e. The molecule has 0 atom stereocenters. The lowest BCUT2D eigenvalue weighted by molar-refractivity contribution is -0.112. The molecular formula is C25H21N3O3. The zero-order chi connectivity index (χ0) is 22.1. The fraction of sp³-hybridized carbons (Fsp3) is 0.0800. The summed E-state index contributed by atoms with van der Waals surface area (Å²) in [5.74, 6) is -1.61. The van der Waals surface area contributed by atoms with Crippen molar-refractivity contribution in [2.75, 3.05) is 5.32 Å². The lowest BCUT2D eigenvalue weighted by Gasteiger charge is -2.21. The van der Waals surface area contributed by atoms with Crippen molar-refractivity contribution in [2.45, 2.75) is 13.1 Å². The number of carbonyl (C=O) groups excluding carboxylic acids is 1. The lowest BCUT2D eigenvalue weighted by atomic mass is 10.1. The van der Waals surface area contributed by atoms with E-state index in [1.54, 1.807) is 6.20 Å². The topological polar surface area (TPSA) is 93.4 Å². The quantitative estimate of drug-likeness (QED) is 0.422. The lowest BCUT2D eigenvalue weighted by Crippen LogP contribution is -2.21. The van der Waals surface area contributed by atoms with E-state index in [4.69, 9.17) is 5.11 Å². The van der Waals surface area contributed by atoms with Crippen molar-refractivity contribution in [1.29, 1.82) is 5.26 Å². The maximum atomic E-state index is 12.7. The van der Waals surface area contributed by atoms with Crippen LogP contribution >= 0.6 is 0 Å². The number of benzene rings is 3. The second-order valence-corrected chi connectivity index (χ2v) is 6.87. The van der Waals surface area contributed by atoms with E-state index in [1.807, 2.05) is 71.6 Å². The molecule has 3 aromatic rings. The van der Waals surface area contributed by atoms with Gasteiger partial charge in [-0.05, 0) is 35.4 Å². The molecule has 0 radical (unpaired) electrons. The summed E-state index contributed by atoms with van der Waals surface area (Å²) in [4.78, 5) is 25.5. The van der Waals surface area contributed by atoms with Crippen LogP contribution in [0.2, 0.25) is 0 Å². The summed E-state index contributed by atoms with van der Waals surface area (Å²) in [5, 5.41) is 21.2. The van der Waals surface area contributed by atoms with Gasteiger partial charge in [0.1, 0.15) is 11.6 Å². The summed E-state index contributed by atoms with van der Waals surface area (Å²) in [6.45, 7) is 1.06. The molecule has 0 aliphatic heterocycles. The van der Waals surface area contributed by atoms with Gasteiger partial charge in [-0.15, -0.1) is 0 Å². The zero-order valence-corrected chi connectivity index (χ0v) is 16.7. The zero-order valence-electron chi connectivity index (χ0n) is 16.7. The smallest absolute Gasteiger partial charge is 0.335 e. The number of nitriles is 1. The van der Waals surface area contributed by atoms with Gasteiger partial charge in [0, 0.05) is 25.0 Å². The molecule has 31 heavy (non-hydrogen) atoms. The van der Waals surface area contributed by atoms with Gasteiger partial charge in [0.05, 0.1) is 5.56 Å². The summed E-state index contributed by atoms with van der Waals surface area (Å²) < 4.78 is 0. The van der Waals surface area contributed by atoms with Crippen LogP contribution in [-0.2, 0) is 17.9 Å². The van der Waals surface area contributed by atoms with Crippen molar-refractivity contribution in [1.82, 2.24) is 4.90 Å². The molecule has 154 valence electrons. The van der Waals surface area contributed by atoms with E-state index in [9.17, 15) is 14.9 Å². The fourth-order valence-corrected chi connectivity index (χ4v) is 3.00. The van der Waals surface area contributed by atoms with Gasteiger partial charge in [-0.1, -0.05) is 60.7 Å². The van der Waals surface area contributed by atoms with Crippen LogP contribution in [0.25, 0.3) is 0 Å². The summed E-state index contributed by atoms with van der Waals surface area (Å²) in [5.41, 5.74) is 2.59. The molecule has 0 unspecified atom stereocenters. The van der Waals surface area contributed by atoms with Gasteiger partial charge in [0.2, 0.25) is 0 Å². The second kappa shape index (κ2) is 10.4. The number of carboxylic acids is 1. The first-order chi connectivity index (χ1) is 15.0. The Morgan fingerprint density at radius 2 is 1.39 bits per heavy atom. The Kier molecular flexibility index (Phi) is 7.17. The van der Waals surface area contributed by atoms with E-state index >= 15 is 0 Å². The number of rotatable bonds is 8. The Labute approximate surface area is 180 Å². The minimum atomic E-state index is -1.05. The summed E-state index contributed by atoms with van der Waals surface area (Å²) in [7, 11) is 0. The maximum absolute atomic E-state index is 12.7. The van der Waals surface area contributed by atoms with E-state index in [1.165, 1.54) is 24.3 Å². The third-order valence-corrected chi connectivity index (χ3v) is 4.52. The molecule has 0 saturated carbocycles. The van der Waals surface area contributed by atoms with Gasteiger partial charge in [-0.2, -0.15) is 5.26 Å². The van der Waals surface area contributed by atoms with Crippen LogP contribution in [0.5, 0.6) is 0 Å². The summed E-state index contributed by atoms with van der Waals surface area (Å²) >= 11 is 0. The van der Waals surface area contributed by atoms with Crippen molar-refractivity contribution in [3.05, 3.63) is 113 Å². The number of aromatic carboxylic acids is 1. The molecule has 0 saturated heterocycles. The van der Waals surface area contributed by atoms with Gasteiger partial charge in [-0.25, -0.2) is 4.79 Å². The number of hydrogen-bond acceptors (Lipinski definition) is 4. The average molecular weight is 411 g/mol. The highest BCUT2D eigenvalue weighted by atomic mass is 16.4. The molecule has 3 rings (SSSR count). The third kappa shape index (κ3) is 6.31. The van der Waals surface area contributed by atoms with Crippen molar-refractivity contribution in [2.24, 2.45) is 0 Å². The van der Waals surface area contributed by atoms with Crippen LogP contribution in [0.3, 0.4) is 0 Å². The van der Waals surface area contributed by atoms with Crippen LogP contribution in [0.15, 0.2) is 96.7 Å². The van der Waals surface area contributed by atoms with Crippen molar-refractivity contribution >= 4 is 17.6 Å². The molecule has 6 nitrogen and oxygen atoms in total. The van der Waals surface area contributed by atoms with Gasteiger partial charge in [0.25, 0.3) is 5.91 Å². The molecule has 6 heteroatoms. The van der Waals surface area contributed by atoms with E-state index < -0.39 is 11.9 Å². The van der Waals surface area contributed by atoms with Gasteiger partial charge in [0.15, 0.2) is 0 Å². The molecular weight excluding hydrogens is 390 g/mol. The standard InChI is InChI=1S/C25H21N3O3/c26-15-22(24(29)27-23-13-11-21(12-14-23)25(30)31)18-28(16-19-7-3-1-4-8-19)17-20-9-5-2-6-10-20/h1-14,18H,16-17H2,(H,27,29)(H,30,31)/b22-18-. The first-order valence-electron chi connectivity index (χ1n) is 9.63. The van der Waals surface area contributed by atoms with Crippen molar-refractivity contribution in [3.8, 4) is 6.07 Å². The highest BCUT2D eigenvalue weighted by Gasteiger charge is 2.13. The molecule has 0 fully saturated rings. The van der Waals surface area contributed by atoms with E-state index in [0.29, 0.717) is 18.8 Å². The van der Waals surface area contributed by atoms with Crippen LogP contribution in [-0.4, -0.2) is 21.9 Å². The molecule has 0 aromatic heterocycles. The van der Waals surface area contributed by atoms with Crippen LogP contribution in [0, 0.1) is 11.3 Å². The molecule has 0 spiro atoms. The van der Waals surface area contributed by atoms with Crippen molar-refractivity contribution < 1.29 is 14.7 Å². The Balaban J connectivity index is 1.80. The van der Waals surface area contributed by atoms with Crippen molar-refractivity contribution in [3.63, 3.8) is 0 Å². The molecule has 0 aliphatic rings. The van der Waals surface area contributed by atoms with Crippen LogP contribution < -0.4 is 5.32 Å². The number of hydrogen-bond donors (Lipinski definition) is 2. The van der Waals surface area contributed by atoms with Gasteiger partial charge in [-0.3, -0.25) is 4.79 Å². The first kappa shape index (κ1) is 21.3. The monoisotopic (exact) mass is 411 g/mol. The Morgan fingerprint density at radius 3 is 1.84 bits per heavy atom.